The molecule has 0 unspecified atom stereocenters. The lowest BCUT2D eigenvalue weighted by molar-refractivity contribution is -0.0951. The molecule has 3 heterocycles. The van der Waals surface area contributed by atoms with Crippen LogP contribution < -0.4 is 5.32 Å². The number of aromatic nitrogens is 2. The fourth-order valence-corrected chi connectivity index (χ4v) is 5.46. The highest BCUT2D eigenvalue weighted by Gasteiger charge is 2.43. The molecule has 2 aliphatic heterocycles. The van der Waals surface area contributed by atoms with Crippen LogP contribution in [0.2, 0.25) is 0 Å². The summed E-state index contributed by atoms with van der Waals surface area (Å²) < 4.78 is 34.2. The number of nitrogens with zero attached hydrogens (tertiary/aromatic N) is 3. The molecule has 0 aromatic carbocycles. The molecule has 0 bridgehead atoms. The van der Waals surface area contributed by atoms with E-state index in [2.05, 4.69) is 10.4 Å². The molecule has 1 N–H and O–H groups in total. The Morgan fingerprint density at radius 2 is 2.00 bits per heavy atom. The lowest BCUT2D eigenvalue weighted by atomic mass is 9.84. The van der Waals surface area contributed by atoms with Gasteiger partial charge in [-0.3, -0.25) is 9.48 Å². The molecule has 1 amide bonds. The molecule has 152 valence electrons. The van der Waals surface area contributed by atoms with Crippen molar-refractivity contribution in [1.82, 2.24) is 19.4 Å². The Kier molecular flexibility index (Phi) is 5.65. The van der Waals surface area contributed by atoms with Gasteiger partial charge in [0.05, 0.1) is 18.0 Å². The van der Waals surface area contributed by atoms with Crippen LogP contribution in [0.3, 0.4) is 0 Å². The SMILES string of the molecule is CCCS(=O)(=O)N1CCC2(CC1)Cc1c(c(C(=O)NC(C)C)nn1C)CO2. The first-order chi connectivity index (χ1) is 12.7. The molecule has 3 rings (SSSR count). The second kappa shape index (κ2) is 7.52. The molecular formula is C18H30N4O4S. The average Bonchev–Trinajstić information content (AvgIpc) is 2.91. The molecular weight excluding hydrogens is 368 g/mol. The van der Waals surface area contributed by atoms with Crippen molar-refractivity contribution in [2.75, 3.05) is 18.8 Å². The van der Waals surface area contributed by atoms with Crippen molar-refractivity contribution in [2.45, 2.75) is 64.7 Å². The van der Waals surface area contributed by atoms with Gasteiger partial charge < -0.3 is 10.1 Å². The smallest absolute Gasteiger partial charge is 0.272 e. The lowest BCUT2D eigenvalue weighted by Crippen LogP contribution is -2.51. The fraction of sp³-hybridized carbons (Fsp3) is 0.778. The molecule has 9 heteroatoms. The summed E-state index contributed by atoms with van der Waals surface area (Å²) >= 11 is 0. The van der Waals surface area contributed by atoms with Crippen molar-refractivity contribution in [1.29, 1.82) is 0 Å². The maximum Gasteiger partial charge on any atom is 0.272 e. The Hall–Kier alpha value is -1.45. The summed E-state index contributed by atoms with van der Waals surface area (Å²) in [5.41, 5.74) is 1.92. The van der Waals surface area contributed by atoms with Crippen LogP contribution in [0.15, 0.2) is 0 Å². The standard InChI is InChI=1S/C18H30N4O4S/c1-5-10-27(24,25)22-8-6-18(7-9-22)11-15-14(12-26-18)16(20-21(15)4)17(23)19-13(2)3/h13H,5-12H2,1-4H3,(H,19,23). The van der Waals surface area contributed by atoms with Gasteiger partial charge >= 0.3 is 0 Å². The van der Waals surface area contributed by atoms with Gasteiger partial charge in [0.15, 0.2) is 5.69 Å². The van der Waals surface area contributed by atoms with Gasteiger partial charge in [0.2, 0.25) is 10.0 Å². The number of fused-ring (bicyclic) bond motifs is 1. The first-order valence-corrected chi connectivity index (χ1v) is 11.3. The van der Waals surface area contributed by atoms with Crippen LogP contribution in [0.4, 0.5) is 0 Å². The maximum absolute atomic E-state index is 12.4. The third-order valence-corrected chi connectivity index (χ3v) is 7.49. The summed E-state index contributed by atoms with van der Waals surface area (Å²) in [5, 5.41) is 7.30. The average molecular weight is 399 g/mol. The molecule has 1 aromatic rings. The second-order valence-electron chi connectivity index (χ2n) is 7.89. The van der Waals surface area contributed by atoms with Crippen LogP contribution in [0, 0.1) is 0 Å². The number of aryl methyl sites for hydroxylation is 1. The normalized spacial score (nSPS) is 20.0. The van der Waals surface area contributed by atoms with Gasteiger partial charge in [-0.1, -0.05) is 6.92 Å². The van der Waals surface area contributed by atoms with Crippen molar-refractivity contribution in [3.05, 3.63) is 17.0 Å². The lowest BCUT2D eigenvalue weighted by Gasteiger charge is -2.43. The van der Waals surface area contributed by atoms with Crippen LogP contribution in [0.5, 0.6) is 0 Å². The van der Waals surface area contributed by atoms with Crippen LogP contribution in [0.25, 0.3) is 0 Å². The number of hydrogen-bond acceptors (Lipinski definition) is 5. The number of ether oxygens (including phenoxy) is 1. The van der Waals surface area contributed by atoms with Gasteiger partial charge in [0.25, 0.3) is 5.91 Å². The minimum Gasteiger partial charge on any atom is -0.370 e. The van der Waals surface area contributed by atoms with Crippen LogP contribution in [0.1, 0.15) is 61.8 Å². The highest BCUT2D eigenvalue weighted by atomic mass is 32.2. The Bertz CT molecular complexity index is 808. The van der Waals surface area contributed by atoms with E-state index in [0.29, 0.717) is 51.1 Å². The quantitative estimate of drug-likeness (QED) is 0.805. The number of piperidine rings is 1. The highest BCUT2D eigenvalue weighted by molar-refractivity contribution is 7.89. The van der Waals surface area contributed by atoms with E-state index in [0.717, 1.165) is 11.3 Å². The summed E-state index contributed by atoms with van der Waals surface area (Å²) in [6, 6.07) is 0.0420. The van der Waals surface area contributed by atoms with Gasteiger partial charge in [-0.05, 0) is 33.1 Å². The Morgan fingerprint density at radius 3 is 2.59 bits per heavy atom. The number of carbonyl (C=O) groups is 1. The summed E-state index contributed by atoms with van der Waals surface area (Å²) in [6.07, 6.45) is 2.60. The van der Waals surface area contributed by atoms with Gasteiger partial charge in [0.1, 0.15) is 0 Å². The first kappa shape index (κ1) is 20.3. The molecule has 1 spiro atoms. The first-order valence-electron chi connectivity index (χ1n) is 9.65. The summed E-state index contributed by atoms with van der Waals surface area (Å²) in [5.74, 6) is 0.0167. The van der Waals surface area contributed by atoms with Crippen molar-refractivity contribution in [3.8, 4) is 0 Å². The monoisotopic (exact) mass is 398 g/mol. The molecule has 1 fully saturated rings. The second-order valence-corrected chi connectivity index (χ2v) is 9.98. The van der Waals surface area contributed by atoms with E-state index in [1.807, 2.05) is 27.8 Å². The fourth-order valence-electron chi connectivity index (χ4n) is 3.95. The van der Waals surface area contributed by atoms with Gasteiger partial charge in [-0.25, -0.2) is 12.7 Å². The predicted molar refractivity (Wildman–Crippen MR) is 102 cm³/mol. The molecule has 0 aliphatic carbocycles. The van der Waals surface area contributed by atoms with E-state index >= 15 is 0 Å². The molecule has 1 aromatic heterocycles. The topological polar surface area (TPSA) is 93.5 Å². The van der Waals surface area contributed by atoms with E-state index in [1.165, 1.54) is 0 Å². The molecule has 27 heavy (non-hydrogen) atoms. The Balaban J connectivity index is 1.74. The van der Waals surface area contributed by atoms with Crippen molar-refractivity contribution in [2.24, 2.45) is 7.05 Å². The highest BCUT2D eigenvalue weighted by Crippen LogP contribution is 2.37. The van der Waals surface area contributed by atoms with Crippen LogP contribution in [-0.2, 0) is 34.8 Å². The van der Waals surface area contributed by atoms with Crippen molar-refractivity contribution in [3.63, 3.8) is 0 Å². The maximum atomic E-state index is 12.4. The van der Waals surface area contributed by atoms with Crippen LogP contribution in [-0.4, -0.2) is 58.9 Å². The molecule has 0 atom stereocenters. The zero-order chi connectivity index (χ0) is 19.8. The largest absolute Gasteiger partial charge is 0.370 e. The minimum absolute atomic E-state index is 0.0420. The summed E-state index contributed by atoms with van der Waals surface area (Å²) in [4.78, 5) is 12.4. The molecule has 1 saturated heterocycles. The predicted octanol–water partition coefficient (Wildman–Crippen LogP) is 1.21. The number of carbonyl (C=O) groups excluding carboxylic acids is 1. The van der Waals surface area contributed by atoms with Gasteiger partial charge in [-0.15, -0.1) is 0 Å². The van der Waals surface area contributed by atoms with E-state index < -0.39 is 10.0 Å². The summed E-state index contributed by atoms with van der Waals surface area (Å²) in [7, 11) is -1.32. The van der Waals surface area contributed by atoms with E-state index in [9.17, 15) is 13.2 Å². The molecule has 8 nitrogen and oxygen atoms in total. The zero-order valence-corrected chi connectivity index (χ0v) is 17.4. The Morgan fingerprint density at radius 1 is 1.33 bits per heavy atom. The molecule has 2 aliphatic rings. The van der Waals surface area contributed by atoms with E-state index in [4.69, 9.17) is 4.74 Å². The van der Waals surface area contributed by atoms with E-state index in [-0.39, 0.29) is 23.3 Å². The number of sulfonamides is 1. The zero-order valence-electron chi connectivity index (χ0n) is 16.6. The van der Waals surface area contributed by atoms with Gasteiger partial charge in [-0.2, -0.15) is 5.10 Å². The minimum atomic E-state index is -3.17. The Labute approximate surface area is 161 Å². The van der Waals surface area contributed by atoms with Crippen molar-refractivity contribution < 1.29 is 17.9 Å². The summed E-state index contributed by atoms with van der Waals surface area (Å²) in [6.45, 7) is 7.01. The molecule has 0 saturated carbocycles. The number of hydrogen-bond donors (Lipinski definition) is 1. The molecule has 0 radical (unpaired) electrons. The number of amides is 1. The number of rotatable bonds is 5. The number of nitrogens with one attached hydrogen (secondary N) is 1. The van der Waals surface area contributed by atoms with Gasteiger partial charge in [0, 0.05) is 43.9 Å². The van der Waals surface area contributed by atoms with Crippen LogP contribution >= 0.6 is 0 Å². The van der Waals surface area contributed by atoms with Crippen molar-refractivity contribution >= 4 is 15.9 Å². The third-order valence-electron chi connectivity index (χ3n) is 5.41. The van der Waals surface area contributed by atoms with E-state index in [1.54, 1.807) is 8.99 Å². The third kappa shape index (κ3) is 4.05.